The molecular formula is C32H30O6. The second-order valence-corrected chi connectivity index (χ2v) is 10.5. The zero-order valence-electron chi connectivity index (χ0n) is 21.2. The van der Waals surface area contributed by atoms with Crippen LogP contribution in [-0.2, 0) is 19.9 Å². The molecule has 0 amide bonds. The van der Waals surface area contributed by atoms with Crippen LogP contribution in [0.4, 0.5) is 0 Å². The average molecular weight is 511 g/mol. The van der Waals surface area contributed by atoms with Crippen molar-refractivity contribution < 1.29 is 28.6 Å². The molecule has 3 aromatic carbocycles. The molecule has 6 nitrogen and oxygen atoms in total. The molecule has 38 heavy (non-hydrogen) atoms. The maximum Gasteiger partial charge on any atom is 0.340 e. The molecule has 3 aromatic rings. The molecule has 3 aliphatic rings. The first-order chi connectivity index (χ1) is 18.5. The Morgan fingerprint density at radius 2 is 1.11 bits per heavy atom. The van der Waals surface area contributed by atoms with Crippen molar-refractivity contribution in [2.24, 2.45) is 11.8 Å². The molecule has 6 heteroatoms. The normalized spacial score (nSPS) is 18.7. The maximum atomic E-state index is 13.0. The van der Waals surface area contributed by atoms with E-state index in [0.717, 1.165) is 68.1 Å². The monoisotopic (exact) mass is 510 g/mol. The highest BCUT2D eigenvalue weighted by molar-refractivity contribution is 5.96. The fraction of sp³-hybridized carbons (Fsp3) is 0.344. The number of cyclic esters (lactones) is 1. The highest BCUT2D eigenvalue weighted by Crippen LogP contribution is 2.47. The molecule has 6 rings (SSSR count). The van der Waals surface area contributed by atoms with E-state index in [1.807, 2.05) is 42.5 Å². The number of benzene rings is 3. The van der Waals surface area contributed by atoms with E-state index in [0.29, 0.717) is 17.1 Å². The Labute approximate surface area is 221 Å². The maximum absolute atomic E-state index is 13.0. The van der Waals surface area contributed by atoms with Gasteiger partial charge in [-0.05, 0) is 56.0 Å². The highest BCUT2D eigenvalue weighted by atomic mass is 16.6. The van der Waals surface area contributed by atoms with Crippen molar-refractivity contribution in [2.45, 2.75) is 57.0 Å². The van der Waals surface area contributed by atoms with Crippen molar-refractivity contribution in [1.29, 1.82) is 0 Å². The van der Waals surface area contributed by atoms with Gasteiger partial charge in [0.25, 0.3) is 0 Å². The lowest BCUT2D eigenvalue weighted by molar-refractivity contribution is -0.139. The molecule has 1 heterocycles. The number of carbonyl (C=O) groups excluding carboxylic acids is 3. The van der Waals surface area contributed by atoms with E-state index in [9.17, 15) is 14.4 Å². The SMILES string of the molecule is O=C1OC(c2ccc(OC(=O)C3CCCC3)cc2)(c2ccc(OC(=O)C3CCCC3)cc2)c2ccccc21. The minimum Gasteiger partial charge on any atom is -0.441 e. The minimum absolute atomic E-state index is 0.0371. The summed E-state index contributed by atoms with van der Waals surface area (Å²) in [5.41, 5.74) is 1.51. The van der Waals surface area contributed by atoms with Crippen LogP contribution >= 0.6 is 0 Å². The Balaban J connectivity index is 1.31. The largest absolute Gasteiger partial charge is 0.441 e. The second-order valence-electron chi connectivity index (χ2n) is 10.5. The third-order valence-corrected chi connectivity index (χ3v) is 8.11. The number of rotatable bonds is 6. The van der Waals surface area contributed by atoms with Crippen LogP contribution < -0.4 is 9.47 Å². The number of hydrogen-bond acceptors (Lipinski definition) is 6. The van der Waals surface area contributed by atoms with Crippen LogP contribution in [0.3, 0.4) is 0 Å². The summed E-state index contributed by atoms with van der Waals surface area (Å²) in [4.78, 5) is 38.0. The lowest BCUT2D eigenvalue weighted by Crippen LogP contribution is -2.29. The quantitative estimate of drug-likeness (QED) is 0.284. The third-order valence-electron chi connectivity index (χ3n) is 8.11. The van der Waals surface area contributed by atoms with Crippen LogP contribution in [0.25, 0.3) is 0 Å². The second kappa shape index (κ2) is 10.1. The first kappa shape index (κ1) is 24.4. The van der Waals surface area contributed by atoms with Gasteiger partial charge in [0.15, 0.2) is 5.60 Å². The number of carbonyl (C=O) groups is 3. The van der Waals surface area contributed by atoms with Crippen LogP contribution in [0.5, 0.6) is 11.5 Å². The summed E-state index contributed by atoms with van der Waals surface area (Å²) in [5, 5.41) is 0. The Morgan fingerprint density at radius 3 is 1.58 bits per heavy atom. The molecule has 2 aliphatic carbocycles. The minimum atomic E-state index is -1.18. The molecule has 2 fully saturated rings. The van der Waals surface area contributed by atoms with Crippen molar-refractivity contribution in [3.63, 3.8) is 0 Å². The number of esters is 3. The summed E-state index contributed by atoms with van der Waals surface area (Å²) >= 11 is 0. The smallest absolute Gasteiger partial charge is 0.340 e. The van der Waals surface area contributed by atoms with Crippen molar-refractivity contribution in [1.82, 2.24) is 0 Å². The van der Waals surface area contributed by atoms with Gasteiger partial charge in [0.05, 0.1) is 17.4 Å². The predicted octanol–water partition coefficient (Wildman–Crippen LogP) is 6.34. The van der Waals surface area contributed by atoms with Crippen LogP contribution in [0.1, 0.15) is 78.4 Å². The topological polar surface area (TPSA) is 78.9 Å². The fourth-order valence-corrected chi connectivity index (χ4v) is 6.05. The van der Waals surface area contributed by atoms with Gasteiger partial charge in [0.2, 0.25) is 0 Å². The summed E-state index contributed by atoms with van der Waals surface area (Å²) in [6.07, 6.45) is 7.74. The van der Waals surface area contributed by atoms with E-state index in [-0.39, 0.29) is 23.8 Å². The Hall–Kier alpha value is -3.93. The van der Waals surface area contributed by atoms with Gasteiger partial charge < -0.3 is 14.2 Å². The predicted molar refractivity (Wildman–Crippen MR) is 140 cm³/mol. The van der Waals surface area contributed by atoms with Gasteiger partial charge in [-0.2, -0.15) is 0 Å². The average Bonchev–Trinajstić information content (AvgIpc) is 3.72. The summed E-state index contributed by atoms with van der Waals surface area (Å²) in [6, 6.07) is 21.7. The zero-order valence-corrected chi connectivity index (χ0v) is 21.2. The van der Waals surface area contributed by atoms with Gasteiger partial charge in [-0.1, -0.05) is 68.1 Å². The lowest BCUT2D eigenvalue weighted by Gasteiger charge is -2.30. The molecule has 0 aromatic heterocycles. The van der Waals surface area contributed by atoms with Gasteiger partial charge in [0, 0.05) is 16.7 Å². The van der Waals surface area contributed by atoms with E-state index in [2.05, 4.69) is 0 Å². The molecule has 0 bridgehead atoms. The Kier molecular flexibility index (Phi) is 6.48. The van der Waals surface area contributed by atoms with Crippen LogP contribution in [0, 0.1) is 11.8 Å². The van der Waals surface area contributed by atoms with E-state index in [1.54, 1.807) is 30.3 Å². The Bertz CT molecular complexity index is 1270. The van der Waals surface area contributed by atoms with Crippen molar-refractivity contribution >= 4 is 17.9 Å². The first-order valence-electron chi connectivity index (χ1n) is 13.5. The summed E-state index contributed by atoms with van der Waals surface area (Å²) in [7, 11) is 0. The Morgan fingerprint density at radius 1 is 0.658 bits per heavy atom. The highest BCUT2D eigenvalue weighted by Gasteiger charge is 2.48. The summed E-state index contributed by atoms with van der Waals surface area (Å²) in [6.45, 7) is 0. The molecule has 0 spiro atoms. The molecule has 0 atom stereocenters. The molecule has 0 saturated heterocycles. The van der Waals surface area contributed by atoms with E-state index in [4.69, 9.17) is 14.2 Å². The van der Waals surface area contributed by atoms with Gasteiger partial charge in [-0.25, -0.2) is 4.79 Å². The van der Waals surface area contributed by atoms with Gasteiger partial charge in [-0.3, -0.25) is 9.59 Å². The molecule has 2 saturated carbocycles. The number of fused-ring (bicyclic) bond motifs is 1. The van der Waals surface area contributed by atoms with E-state index < -0.39 is 11.6 Å². The number of ether oxygens (including phenoxy) is 3. The molecule has 0 radical (unpaired) electrons. The van der Waals surface area contributed by atoms with Gasteiger partial charge >= 0.3 is 17.9 Å². The zero-order chi connectivity index (χ0) is 26.1. The molecule has 1 aliphatic heterocycles. The van der Waals surface area contributed by atoms with Crippen LogP contribution in [-0.4, -0.2) is 17.9 Å². The molecular weight excluding hydrogens is 480 g/mol. The summed E-state index contributed by atoms with van der Waals surface area (Å²) < 4.78 is 17.4. The first-order valence-corrected chi connectivity index (χ1v) is 13.5. The van der Waals surface area contributed by atoms with Gasteiger partial charge in [0.1, 0.15) is 11.5 Å². The lowest BCUT2D eigenvalue weighted by atomic mass is 9.80. The van der Waals surface area contributed by atoms with Crippen molar-refractivity contribution in [3.05, 3.63) is 95.1 Å². The molecule has 0 N–H and O–H groups in total. The third kappa shape index (κ3) is 4.38. The summed E-state index contributed by atoms with van der Waals surface area (Å²) in [5.74, 6) is 0.0693. The fourth-order valence-electron chi connectivity index (χ4n) is 6.05. The van der Waals surface area contributed by atoms with Crippen molar-refractivity contribution in [3.8, 4) is 11.5 Å². The van der Waals surface area contributed by atoms with Crippen LogP contribution in [0.2, 0.25) is 0 Å². The van der Waals surface area contributed by atoms with Crippen LogP contribution in [0.15, 0.2) is 72.8 Å². The molecule has 0 unspecified atom stereocenters. The number of hydrogen-bond donors (Lipinski definition) is 0. The van der Waals surface area contributed by atoms with Gasteiger partial charge in [-0.15, -0.1) is 0 Å². The standard InChI is InChI=1S/C32H30O6/c33-29(21-7-1-2-8-21)36-25-17-13-23(14-18-25)32(28-12-6-5-11-27(28)31(35)38-32)24-15-19-26(20-16-24)37-30(34)22-9-3-4-10-22/h5-6,11-22H,1-4,7-10H2. The molecule has 194 valence electrons. The van der Waals surface area contributed by atoms with E-state index in [1.165, 1.54) is 0 Å². The van der Waals surface area contributed by atoms with E-state index >= 15 is 0 Å². The van der Waals surface area contributed by atoms with Crippen molar-refractivity contribution in [2.75, 3.05) is 0 Å².